The van der Waals surface area contributed by atoms with Gasteiger partial charge in [-0.2, -0.15) is 0 Å². The van der Waals surface area contributed by atoms with Crippen molar-refractivity contribution < 1.29 is 14.8 Å². The monoisotopic (exact) mass is 294 g/mol. The van der Waals surface area contributed by atoms with Gasteiger partial charge in [-0.05, 0) is 19.9 Å². The molecule has 1 aliphatic heterocycles. The van der Waals surface area contributed by atoms with Crippen molar-refractivity contribution in [3.05, 3.63) is 39.6 Å². The van der Waals surface area contributed by atoms with Crippen molar-refractivity contribution in [1.29, 1.82) is 0 Å². The third kappa shape index (κ3) is 2.20. The van der Waals surface area contributed by atoms with Gasteiger partial charge in [-0.25, -0.2) is 0 Å². The summed E-state index contributed by atoms with van der Waals surface area (Å²) in [6, 6.07) is 4.22. The highest BCUT2D eigenvalue weighted by Crippen LogP contribution is 2.41. The van der Waals surface area contributed by atoms with Crippen LogP contribution in [0.2, 0.25) is 0 Å². The summed E-state index contributed by atoms with van der Waals surface area (Å²) in [6.45, 7) is 3.40. The molecule has 1 aromatic carbocycles. The molecule has 2 N–H and O–H groups in total. The van der Waals surface area contributed by atoms with Crippen LogP contribution in [0, 0.1) is 10.1 Å². The van der Waals surface area contributed by atoms with Crippen molar-refractivity contribution in [3.8, 4) is 5.75 Å². The van der Waals surface area contributed by atoms with E-state index >= 15 is 0 Å². The van der Waals surface area contributed by atoms with E-state index in [-0.39, 0.29) is 11.4 Å². The zero-order valence-electron chi connectivity index (χ0n) is 11.3. The number of fused-ring (bicyclic) bond motifs is 1. The van der Waals surface area contributed by atoms with Crippen LogP contribution >= 0.6 is 12.2 Å². The normalized spacial score (nSPS) is 16.1. The highest BCUT2D eigenvalue weighted by atomic mass is 32.1. The van der Waals surface area contributed by atoms with Gasteiger partial charge in [-0.1, -0.05) is 12.2 Å². The van der Waals surface area contributed by atoms with Crippen LogP contribution in [0.3, 0.4) is 0 Å². The fraction of sp³-hybridized carbons (Fsp3) is 0.308. The van der Waals surface area contributed by atoms with E-state index in [2.05, 4.69) is 5.32 Å². The first-order valence-corrected chi connectivity index (χ1v) is 6.32. The summed E-state index contributed by atoms with van der Waals surface area (Å²) in [5.41, 5.74) is -0.261. The van der Waals surface area contributed by atoms with Crippen LogP contribution in [0.25, 0.3) is 5.57 Å². The summed E-state index contributed by atoms with van der Waals surface area (Å²) in [4.78, 5) is 10.7. The van der Waals surface area contributed by atoms with Gasteiger partial charge in [0.25, 0.3) is 5.69 Å². The van der Waals surface area contributed by atoms with Crippen molar-refractivity contribution in [3.63, 3.8) is 0 Å². The van der Waals surface area contributed by atoms with Crippen LogP contribution in [0.4, 0.5) is 5.69 Å². The highest BCUT2D eigenvalue weighted by Gasteiger charge is 2.37. The number of nitrogens with zero attached hydrogens (tertiary/aromatic N) is 1. The molecule has 7 heteroatoms. The third-order valence-corrected chi connectivity index (χ3v) is 3.48. The molecule has 6 nitrogen and oxygen atoms in total. The number of aliphatic hydroxyl groups is 1. The molecule has 0 saturated heterocycles. The van der Waals surface area contributed by atoms with E-state index < -0.39 is 10.5 Å². The predicted octanol–water partition coefficient (Wildman–Crippen LogP) is 2.58. The van der Waals surface area contributed by atoms with Crippen molar-refractivity contribution in [2.75, 3.05) is 7.05 Å². The van der Waals surface area contributed by atoms with E-state index in [1.165, 1.54) is 18.2 Å². The summed E-state index contributed by atoms with van der Waals surface area (Å²) in [6.07, 6.45) is 0. The lowest BCUT2D eigenvalue weighted by Gasteiger charge is -2.33. The molecule has 0 amide bonds. The van der Waals surface area contributed by atoms with Crippen LogP contribution in [0.15, 0.2) is 24.0 Å². The minimum Gasteiger partial charge on any atom is -0.507 e. The van der Waals surface area contributed by atoms with Crippen LogP contribution in [-0.2, 0) is 0 Å². The number of nitro groups is 1. The lowest BCUT2D eigenvalue weighted by atomic mass is 9.92. The molecule has 0 bridgehead atoms. The fourth-order valence-electron chi connectivity index (χ4n) is 2.02. The van der Waals surface area contributed by atoms with E-state index in [1.54, 1.807) is 20.9 Å². The maximum atomic E-state index is 10.9. The Labute approximate surface area is 121 Å². The molecule has 0 saturated carbocycles. The van der Waals surface area contributed by atoms with Gasteiger partial charge in [0.05, 0.1) is 10.5 Å². The van der Waals surface area contributed by atoms with Crippen molar-refractivity contribution in [2.45, 2.75) is 19.4 Å². The summed E-state index contributed by atoms with van der Waals surface area (Å²) < 4.78 is 5.67. The minimum atomic E-state index is -0.945. The van der Waals surface area contributed by atoms with Gasteiger partial charge < -0.3 is 15.2 Å². The zero-order chi connectivity index (χ0) is 15.1. The molecular weight excluding hydrogens is 280 g/mol. The minimum absolute atomic E-state index is 0.0511. The number of rotatable bonds is 2. The van der Waals surface area contributed by atoms with Crippen LogP contribution in [0.5, 0.6) is 5.75 Å². The standard InChI is InChI=1S/C13H14N2O4S/c1-13(2)11(16)10(12(20)14-3)8-6-7(15(17)18)4-5-9(8)19-13/h4-6,16H,1-3H3,(H,14,20). The Hall–Kier alpha value is -2.15. The van der Waals surface area contributed by atoms with E-state index in [1.807, 2.05) is 0 Å². The maximum absolute atomic E-state index is 10.9. The lowest BCUT2D eigenvalue weighted by molar-refractivity contribution is -0.384. The Morgan fingerprint density at radius 2 is 2.15 bits per heavy atom. The van der Waals surface area contributed by atoms with Crippen molar-refractivity contribution in [1.82, 2.24) is 5.32 Å². The van der Waals surface area contributed by atoms with Crippen molar-refractivity contribution >= 4 is 28.5 Å². The topological polar surface area (TPSA) is 84.6 Å². The summed E-state index contributed by atoms with van der Waals surface area (Å²) >= 11 is 5.19. The average molecular weight is 294 g/mol. The lowest BCUT2D eigenvalue weighted by Crippen LogP contribution is -2.37. The fourth-order valence-corrected chi connectivity index (χ4v) is 2.23. The zero-order valence-corrected chi connectivity index (χ0v) is 12.1. The summed E-state index contributed by atoms with van der Waals surface area (Å²) in [5, 5.41) is 24.0. The number of non-ortho nitro benzene ring substituents is 1. The largest absolute Gasteiger partial charge is 0.507 e. The molecule has 0 aliphatic carbocycles. The van der Waals surface area contributed by atoms with Crippen molar-refractivity contribution in [2.24, 2.45) is 0 Å². The number of nitro benzene ring substituents is 1. The van der Waals surface area contributed by atoms with Gasteiger partial charge in [-0.3, -0.25) is 10.1 Å². The molecule has 0 aromatic heterocycles. The SMILES string of the molecule is CNC(=S)C1=C(O)C(C)(C)Oc2ccc([N+](=O)[O-])cc21. The van der Waals surface area contributed by atoms with Gasteiger partial charge >= 0.3 is 0 Å². The third-order valence-electron chi connectivity index (χ3n) is 3.07. The second-order valence-electron chi connectivity index (χ2n) is 4.85. The van der Waals surface area contributed by atoms with Gasteiger partial charge in [0.1, 0.15) is 16.5 Å². The van der Waals surface area contributed by atoms with E-state index in [4.69, 9.17) is 17.0 Å². The molecule has 20 heavy (non-hydrogen) atoms. The number of aliphatic hydroxyl groups excluding tert-OH is 1. The second kappa shape index (κ2) is 4.75. The number of nitrogens with one attached hydrogen (secondary N) is 1. The van der Waals surface area contributed by atoms with E-state index in [0.29, 0.717) is 21.9 Å². The summed E-state index contributed by atoms with van der Waals surface area (Å²) in [5.74, 6) is 0.399. The molecule has 1 aliphatic rings. The molecule has 0 radical (unpaired) electrons. The van der Waals surface area contributed by atoms with Gasteiger partial charge in [-0.15, -0.1) is 0 Å². The molecule has 106 valence electrons. The number of likely N-dealkylation sites (N-methyl/N-ethyl adjacent to an activating group) is 1. The Morgan fingerprint density at radius 1 is 1.50 bits per heavy atom. The van der Waals surface area contributed by atoms with Crippen LogP contribution in [-0.4, -0.2) is 27.7 Å². The average Bonchev–Trinajstić information content (AvgIpc) is 2.38. The Morgan fingerprint density at radius 3 is 2.70 bits per heavy atom. The molecule has 1 aromatic rings. The van der Waals surface area contributed by atoms with Gasteiger partial charge in [0, 0.05) is 24.7 Å². The van der Waals surface area contributed by atoms with Gasteiger partial charge in [0.15, 0.2) is 5.60 Å². The molecule has 1 heterocycles. The quantitative estimate of drug-likeness (QED) is 0.495. The summed E-state index contributed by atoms with van der Waals surface area (Å²) in [7, 11) is 1.63. The number of hydrogen-bond donors (Lipinski definition) is 2. The first-order chi connectivity index (χ1) is 9.27. The Balaban J connectivity index is 2.71. The molecular formula is C13H14N2O4S. The first-order valence-electron chi connectivity index (χ1n) is 5.91. The van der Waals surface area contributed by atoms with E-state index in [0.717, 1.165) is 0 Å². The Bertz CT molecular complexity index is 637. The predicted molar refractivity (Wildman–Crippen MR) is 79.0 cm³/mol. The highest BCUT2D eigenvalue weighted by molar-refractivity contribution is 7.81. The number of thiocarbonyl (C=S) groups is 1. The first kappa shape index (κ1) is 14.3. The Kier molecular flexibility index (Phi) is 3.39. The number of ether oxygens (including phenoxy) is 1. The van der Waals surface area contributed by atoms with E-state index in [9.17, 15) is 15.2 Å². The van der Waals surface area contributed by atoms with Gasteiger partial charge in [0.2, 0.25) is 0 Å². The molecule has 0 spiro atoms. The maximum Gasteiger partial charge on any atom is 0.270 e. The molecule has 0 fully saturated rings. The smallest absolute Gasteiger partial charge is 0.270 e. The molecule has 0 atom stereocenters. The van der Waals surface area contributed by atoms with Crippen LogP contribution < -0.4 is 10.1 Å². The number of hydrogen-bond acceptors (Lipinski definition) is 5. The molecule has 2 rings (SSSR count). The van der Waals surface area contributed by atoms with Crippen LogP contribution in [0.1, 0.15) is 19.4 Å². The number of benzene rings is 1. The second-order valence-corrected chi connectivity index (χ2v) is 5.26. The molecule has 0 unspecified atom stereocenters.